The molecule has 16 heteroatoms. The molecule has 0 unspecified atom stereocenters. The number of pyridine rings is 1. The monoisotopic (exact) mass is 568 g/mol. The summed E-state index contributed by atoms with van der Waals surface area (Å²) in [6, 6.07) is 0.126. The van der Waals surface area contributed by atoms with Gasteiger partial charge in [0.05, 0.1) is 12.8 Å². The Labute approximate surface area is 200 Å². The highest BCUT2D eigenvalue weighted by molar-refractivity contribution is 9.10. The van der Waals surface area contributed by atoms with Gasteiger partial charge < -0.3 is 25.8 Å². The first kappa shape index (κ1) is 24.3. The zero-order valence-electron chi connectivity index (χ0n) is 16.3. The summed E-state index contributed by atoms with van der Waals surface area (Å²) in [6.45, 7) is -0.569. The van der Waals surface area contributed by atoms with Gasteiger partial charge in [0.15, 0.2) is 10.8 Å². The topological polar surface area (TPSA) is 152 Å². The largest absolute Gasteiger partial charge is 0.434 e. The average molecular weight is 569 g/mol. The molecule has 4 rings (SSSR count). The minimum absolute atomic E-state index is 0.267. The third-order valence-corrected chi connectivity index (χ3v) is 7.18. The van der Waals surface area contributed by atoms with E-state index in [1.807, 2.05) is 0 Å². The van der Waals surface area contributed by atoms with Crippen LogP contribution in [0.5, 0.6) is 0 Å². The van der Waals surface area contributed by atoms with Crippen molar-refractivity contribution < 1.29 is 33.2 Å². The molecule has 0 radical (unpaired) electrons. The first-order valence-corrected chi connectivity index (χ1v) is 11.8. The van der Waals surface area contributed by atoms with E-state index >= 15 is 0 Å². The van der Waals surface area contributed by atoms with Crippen molar-refractivity contribution in [1.29, 1.82) is 0 Å². The maximum absolute atomic E-state index is 13.0. The second kappa shape index (κ2) is 9.44. The normalized spacial score (nSPS) is 26.0. The van der Waals surface area contributed by atoms with Crippen LogP contribution < -0.4 is 5.73 Å². The molecular formula is C17H16BrF3N6O4S2. The lowest BCUT2D eigenvalue weighted by atomic mass is 9.97. The number of rotatable bonds is 5. The number of thioether (sulfide) groups is 1. The summed E-state index contributed by atoms with van der Waals surface area (Å²) in [7, 11) is 0. The van der Waals surface area contributed by atoms with Crippen LogP contribution in [0.4, 0.5) is 18.3 Å². The summed E-state index contributed by atoms with van der Waals surface area (Å²) >= 11 is 4.96. The zero-order chi connectivity index (χ0) is 23.9. The van der Waals surface area contributed by atoms with Crippen molar-refractivity contribution in [2.45, 2.75) is 40.9 Å². The molecule has 10 nitrogen and oxygen atoms in total. The minimum Gasteiger partial charge on any atom is -0.394 e. The molecule has 0 aromatic carbocycles. The number of anilines is 1. The Bertz CT molecular complexity index is 1130. The standard InChI is InChI=1S/C17H16BrF3N6O4S2/c18-7-1-6(2-23-14(7)17(19,20)21)33-15-13(30)11(12(29)10(4-28)31-15)27-3-8(25-26-27)9-5-32-16(22)24-9/h1-3,5,10-13,15,28-30H,4H2,(H2,22,24)/t10-,11+,12+,13-,15-/m1/s1. The number of hydrogen-bond donors (Lipinski definition) is 4. The molecule has 0 spiro atoms. The Hall–Kier alpha value is -1.82. The molecule has 5 atom stereocenters. The van der Waals surface area contributed by atoms with E-state index in [-0.39, 0.29) is 9.37 Å². The van der Waals surface area contributed by atoms with Gasteiger partial charge in [0.25, 0.3) is 0 Å². The molecule has 0 saturated carbocycles. The van der Waals surface area contributed by atoms with Crippen LogP contribution in [-0.2, 0) is 10.9 Å². The van der Waals surface area contributed by atoms with Crippen LogP contribution in [0.2, 0.25) is 0 Å². The number of nitrogens with zero attached hydrogens (tertiary/aromatic N) is 5. The maximum atomic E-state index is 13.0. The SMILES string of the molecule is Nc1nc(-c2cn([C@@H]3[C@@H](O)[C@@H](Sc4cnc(C(F)(F)F)c(Br)c4)O[C@H](CO)[C@@H]3O)nn2)cs1. The summed E-state index contributed by atoms with van der Waals surface area (Å²) in [5, 5.41) is 41.2. The zero-order valence-corrected chi connectivity index (χ0v) is 19.5. The van der Waals surface area contributed by atoms with Gasteiger partial charge in [-0.25, -0.2) is 14.6 Å². The quantitative estimate of drug-likeness (QED) is 0.359. The van der Waals surface area contributed by atoms with Crippen molar-refractivity contribution in [3.63, 3.8) is 0 Å². The van der Waals surface area contributed by atoms with Gasteiger partial charge in [-0.15, -0.1) is 16.4 Å². The third kappa shape index (κ3) is 5.01. The Morgan fingerprint density at radius 3 is 2.64 bits per heavy atom. The van der Waals surface area contributed by atoms with Crippen molar-refractivity contribution in [2.75, 3.05) is 12.3 Å². The summed E-state index contributed by atoms with van der Waals surface area (Å²) < 4.78 is 45.4. The van der Waals surface area contributed by atoms with E-state index in [4.69, 9.17) is 10.5 Å². The minimum atomic E-state index is -4.63. The highest BCUT2D eigenvalue weighted by Gasteiger charge is 2.46. The third-order valence-electron chi connectivity index (χ3n) is 4.79. The summed E-state index contributed by atoms with van der Waals surface area (Å²) in [4.78, 5) is 7.81. The molecule has 4 heterocycles. The highest BCUT2D eigenvalue weighted by atomic mass is 79.9. The van der Waals surface area contributed by atoms with Crippen LogP contribution in [0.3, 0.4) is 0 Å². The first-order chi connectivity index (χ1) is 15.6. The molecule has 0 aliphatic carbocycles. The van der Waals surface area contributed by atoms with Crippen LogP contribution in [0.1, 0.15) is 11.7 Å². The second-order valence-corrected chi connectivity index (χ2v) is 9.88. The van der Waals surface area contributed by atoms with E-state index in [0.717, 1.165) is 18.0 Å². The Morgan fingerprint density at radius 2 is 2.03 bits per heavy atom. The van der Waals surface area contributed by atoms with Gasteiger partial charge in [0.1, 0.15) is 41.2 Å². The molecule has 1 aliphatic rings. The van der Waals surface area contributed by atoms with Crippen molar-refractivity contribution in [3.8, 4) is 11.4 Å². The van der Waals surface area contributed by atoms with Gasteiger partial charge >= 0.3 is 6.18 Å². The van der Waals surface area contributed by atoms with E-state index in [1.165, 1.54) is 28.3 Å². The summed E-state index contributed by atoms with van der Waals surface area (Å²) in [5.74, 6) is 0. The van der Waals surface area contributed by atoms with Crippen molar-refractivity contribution >= 4 is 44.2 Å². The molecule has 1 fully saturated rings. The number of hydrogen-bond acceptors (Lipinski definition) is 11. The van der Waals surface area contributed by atoms with Gasteiger partial charge in [-0.1, -0.05) is 17.0 Å². The number of nitrogen functional groups attached to an aromatic ring is 1. The lowest BCUT2D eigenvalue weighted by molar-refractivity contribution is -0.178. The summed E-state index contributed by atoms with van der Waals surface area (Å²) in [5.41, 5.74) is 4.30. The van der Waals surface area contributed by atoms with Crippen LogP contribution in [0.25, 0.3) is 11.4 Å². The molecule has 0 amide bonds. The van der Waals surface area contributed by atoms with Gasteiger partial charge in [0, 0.05) is 20.9 Å². The average Bonchev–Trinajstić information content (AvgIpc) is 3.38. The lowest BCUT2D eigenvalue weighted by Gasteiger charge is -2.41. The van der Waals surface area contributed by atoms with Crippen LogP contribution >= 0.6 is 39.0 Å². The maximum Gasteiger partial charge on any atom is 0.434 e. The number of aliphatic hydroxyl groups is 3. The van der Waals surface area contributed by atoms with E-state index in [0.29, 0.717) is 16.5 Å². The van der Waals surface area contributed by atoms with Crippen molar-refractivity contribution in [1.82, 2.24) is 25.0 Å². The van der Waals surface area contributed by atoms with Crippen molar-refractivity contribution in [2.24, 2.45) is 0 Å². The number of aromatic nitrogens is 5. The number of thiazole rings is 1. The Morgan fingerprint density at radius 1 is 1.27 bits per heavy atom. The molecule has 33 heavy (non-hydrogen) atoms. The molecule has 1 aliphatic heterocycles. The predicted molar refractivity (Wildman–Crippen MR) is 115 cm³/mol. The van der Waals surface area contributed by atoms with Crippen LogP contribution in [0.15, 0.2) is 33.2 Å². The number of halogens is 4. The van der Waals surface area contributed by atoms with Gasteiger partial charge in [-0.05, 0) is 22.0 Å². The molecule has 178 valence electrons. The highest BCUT2D eigenvalue weighted by Crippen LogP contribution is 2.40. The number of aliphatic hydroxyl groups excluding tert-OH is 3. The Balaban J connectivity index is 1.59. The molecule has 3 aromatic rings. The van der Waals surface area contributed by atoms with Crippen LogP contribution in [-0.4, -0.2) is 70.6 Å². The van der Waals surface area contributed by atoms with Crippen LogP contribution in [0, 0.1) is 0 Å². The van der Waals surface area contributed by atoms with Crippen molar-refractivity contribution in [3.05, 3.63) is 34.0 Å². The number of nitrogens with two attached hydrogens (primary N) is 1. The number of ether oxygens (including phenoxy) is 1. The smallest absolute Gasteiger partial charge is 0.394 e. The molecule has 3 aromatic heterocycles. The van der Waals surface area contributed by atoms with Gasteiger partial charge in [-0.3, -0.25) is 0 Å². The van der Waals surface area contributed by atoms with E-state index < -0.39 is 48.3 Å². The molecule has 0 bridgehead atoms. The van der Waals surface area contributed by atoms with Gasteiger partial charge in [0.2, 0.25) is 0 Å². The lowest BCUT2D eigenvalue weighted by Crippen LogP contribution is -2.55. The number of alkyl halides is 3. The van der Waals surface area contributed by atoms with E-state index in [2.05, 4.69) is 36.2 Å². The first-order valence-electron chi connectivity index (χ1n) is 9.23. The predicted octanol–water partition coefficient (Wildman–Crippen LogP) is 1.93. The Kier molecular flexibility index (Phi) is 6.95. The molecular weight excluding hydrogens is 553 g/mol. The fourth-order valence-electron chi connectivity index (χ4n) is 3.25. The van der Waals surface area contributed by atoms with E-state index in [9.17, 15) is 28.5 Å². The summed E-state index contributed by atoms with van der Waals surface area (Å²) in [6.07, 6.45) is -5.98. The fraction of sp³-hybridized carbons (Fsp3) is 0.412. The fourth-order valence-corrected chi connectivity index (χ4v) is 5.60. The van der Waals surface area contributed by atoms with E-state index in [1.54, 1.807) is 5.38 Å². The second-order valence-electron chi connectivity index (χ2n) is 6.97. The van der Waals surface area contributed by atoms with Gasteiger partial charge in [-0.2, -0.15) is 13.2 Å². The molecule has 5 N–H and O–H groups in total. The molecule has 1 saturated heterocycles.